The average Bonchev–Trinajstić information content (AvgIpc) is 3.41. The van der Waals surface area contributed by atoms with E-state index in [1.165, 1.54) is 17.4 Å². The molecule has 1 fully saturated rings. The van der Waals surface area contributed by atoms with Gasteiger partial charge in [-0.25, -0.2) is 9.18 Å². The second-order valence-electron chi connectivity index (χ2n) is 9.05. The fraction of sp³-hybridized carbons (Fsp3) is 0.409. The van der Waals surface area contributed by atoms with E-state index in [2.05, 4.69) is 5.10 Å². The number of benzene rings is 1. The number of nitrogens with zero attached hydrogens (tertiary/aromatic N) is 5. The Labute approximate surface area is 183 Å². The molecular weight excluding hydrogens is 417 g/mol. The minimum absolute atomic E-state index is 0.125. The molecule has 162 valence electrons. The van der Waals surface area contributed by atoms with E-state index in [4.69, 9.17) is 9.84 Å². The van der Waals surface area contributed by atoms with Gasteiger partial charge in [0, 0.05) is 48.2 Å². The van der Waals surface area contributed by atoms with Gasteiger partial charge in [0.05, 0.1) is 6.04 Å². The summed E-state index contributed by atoms with van der Waals surface area (Å²) in [5.41, 5.74) is 0.705. The second-order valence-corrected chi connectivity index (χ2v) is 10.1. The highest BCUT2D eigenvalue weighted by molar-refractivity contribution is 7.21. The Morgan fingerprint density at radius 3 is 2.74 bits per heavy atom. The molecule has 1 unspecified atom stereocenters. The first-order chi connectivity index (χ1) is 14.7. The molecule has 5 rings (SSSR count). The van der Waals surface area contributed by atoms with Gasteiger partial charge in [0.2, 0.25) is 0 Å². The first-order valence-corrected chi connectivity index (χ1v) is 11.1. The number of carbonyl (C=O) groups excluding carboxylic acids is 1. The summed E-state index contributed by atoms with van der Waals surface area (Å²) in [7, 11) is 1.79. The standard InChI is InChI=1S/C22H24FN5O2S/c1-22(2,3)30-21(29)27-6-5-16(12-27)28-11-15-9-18(31-20(15)25-28)13-7-14-10-26(4)24-19(14)17(23)8-13/h7-11,16H,5-6,12H2,1-4H3. The van der Waals surface area contributed by atoms with Gasteiger partial charge in [0.25, 0.3) is 0 Å². The fourth-order valence-corrected chi connectivity index (χ4v) is 4.97. The molecule has 1 aromatic carbocycles. The van der Waals surface area contributed by atoms with E-state index in [1.54, 1.807) is 16.6 Å². The Morgan fingerprint density at radius 2 is 2.00 bits per heavy atom. The van der Waals surface area contributed by atoms with Crippen LogP contribution in [0, 0.1) is 5.82 Å². The van der Waals surface area contributed by atoms with Crippen LogP contribution in [0.5, 0.6) is 0 Å². The molecule has 4 heterocycles. The van der Waals surface area contributed by atoms with Gasteiger partial charge in [0.15, 0.2) is 5.82 Å². The zero-order valence-electron chi connectivity index (χ0n) is 17.9. The summed E-state index contributed by atoms with van der Waals surface area (Å²) in [6.07, 6.45) is 4.39. The normalized spacial score (nSPS) is 17.2. The largest absolute Gasteiger partial charge is 0.444 e. The van der Waals surface area contributed by atoms with Gasteiger partial charge in [-0.3, -0.25) is 9.36 Å². The first-order valence-electron chi connectivity index (χ1n) is 10.3. The minimum atomic E-state index is -0.502. The third-order valence-electron chi connectivity index (χ3n) is 5.37. The molecule has 1 saturated heterocycles. The van der Waals surface area contributed by atoms with E-state index in [-0.39, 0.29) is 18.0 Å². The van der Waals surface area contributed by atoms with E-state index in [0.717, 1.165) is 32.5 Å². The van der Waals surface area contributed by atoms with Crippen LogP contribution in [0.1, 0.15) is 33.2 Å². The summed E-state index contributed by atoms with van der Waals surface area (Å²) in [6, 6.07) is 5.66. The summed E-state index contributed by atoms with van der Waals surface area (Å²) >= 11 is 1.54. The van der Waals surface area contributed by atoms with E-state index >= 15 is 0 Å². The van der Waals surface area contributed by atoms with Gasteiger partial charge in [0.1, 0.15) is 15.9 Å². The van der Waals surface area contributed by atoms with E-state index in [9.17, 15) is 9.18 Å². The molecule has 0 N–H and O–H groups in total. The predicted molar refractivity (Wildman–Crippen MR) is 119 cm³/mol. The number of fused-ring (bicyclic) bond motifs is 2. The quantitative estimate of drug-likeness (QED) is 0.440. The van der Waals surface area contributed by atoms with Gasteiger partial charge in [-0.15, -0.1) is 11.3 Å². The molecule has 31 heavy (non-hydrogen) atoms. The number of aromatic nitrogens is 4. The topological polar surface area (TPSA) is 65.2 Å². The second kappa shape index (κ2) is 7.05. The number of likely N-dealkylation sites (tertiary alicyclic amines) is 1. The molecule has 0 radical (unpaired) electrons. The maximum Gasteiger partial charge on any atom is 0.410 e. The lowest BCUT2D eigenvalue weighted by Gasteiger charge is -2.24. The lowest BCUT2D eigenvalue weighted by Crippen LogP contribution is -2.35. The van der Waals surface area contributed by atoms with Gasteiger partial charge in [-0.1, -0.05) is 0 Å². The van der Waals surface area contributed by atoms with Crippen molar-refractivity contribution in [3.8, 4) is 10.4 Å². The number of amides is 1. The maximum absolute atomic E-state index is 14.5. The van der Waals surface area contributed by atoms with Gasteiger partial charge < -0.3 is 9.64 Å². The molecule has 3 aromatic heterocycles. The Bertz CT molecular complexity index is 1270. The molecule has 0 aliphatic carbocycles. The molecule has 1 amide bonds. The summed E-state index contributed by atoms with van der Waals surface area (Å²) in [6.45, 7) is 6.85. The number of thiophene rings is 1. The van der Waals surface area contributed by atoms with Crippen LogP contribution in [0.4, 0.5) is 9.18 Å². The Kier molecular flexibility index (Phi) is 4.55. The van der Waals surface area contributed by atoms with Crippen LogP contribution in [-0.4, -0.2) is 49.2 Å². The zero-order chi connectivity index (χ0) is 21.9. The minimum Gasteiger partial charge on any atom is -0.444 e. The molecule has 0 saturated carbocycles. The summed E-state index contributed by atoms with van der Waals surface area (Å²) in [5, 5.41) is 10.7. The van der Waals surface area contributed by atoms with Crippen molar-refractivity contribution in [3.63, 3.8) is 0 Å². The summed E-state index contributed by atoms with van der Waals surface area (Å²) < 4.78 is 23.5. The lowest BCUT2D eigenvalue weighted by molar-refractivity contribution is 0.0288. The SMILES string of the molecule is Cn1cc2cc(-c3cc4cn(C5CCN(C(=O)OC(C)(C)C)C5)nc4s3)cc(F)c2n1. The van der Waals surface area contributed by atoms with Crippen molar-refractivity contribution in [1.29, 1.82) is 0 Å². The predicted octanol–water partition coefficient (Wildman–Crippen LogP) is 4.97. The molecule has 0 bridgehead atoms. The Balaban J connectivity index is 1.36. The number of ether oxygens (including phenoxy) is 1. The molecule has 1 aliphatic heterocycles. The highest BCUT2D eigenvalue weighted by Gasteiger charge is 2.31. The van der Waals surface area contributed by atoms with Crippen molar-refractivity contribution in [2.45, 2.75) is 38.8 Å². The van der Waals surface area contributed by atoms with Crippen LogP contribution in [0.2, 0.25) is 0 Å². The average molecular weight is 442 g/mol. The Hall–Kier alpha value is -2.94. The number of hydrogen-bond donors (Lipinski definition) is 0. The number of halogens is 1. The van der Waals surface area contributed by atoms with Crippen LogP contribution in [0.25, 0.3) is 31.6 Å². The van der Waals surface area contributed by atoms with Crippen LogP contribution < -0.4 is 0 Å². The molecule has 0 spiro atoms. The Morgan fingerprint density at radius 1 is 1.19 bits per heavy atom. The molecule has 9 heteroatoms. The van der Waals surface area contributed by atoms with Crippen molar-refractivity contribution >= 4 is 38.5 Å². The van der Waals surface area contributed by atoms with Gasteiger partial charge in [-0.05, 0) is 51.0 Å². The molecule has 7 nitrogen and oxygen atoms in total. The molecule has 1 atom stereocenters. The monoisotopic (exact) mass is 441 g/mol. The van der Waals surface area contributed by atoms with Gasteiger partial charge >= 0.3 is 6.09 Å². The maximum atomic E-state index is 14.5. The third-order valence-corrected chi connectivity index (χ3v) is 6.45. The van der Waals surface area contributed by atoms with Crippen LogP contribution in [-0.2, 0) is 11.8 Å². The van der Waals surface area contributed by atoms with Crippen LogP contribution in [0.15, 0.2) is 30.6 Å². The molecule has 4 aromatic rings. The van der Waals surface area contributed by atoms with Gasteiger partial charge in [-0.2, -0.15) is 10.2 Å². The third kappa shape index (κ3) is 3.78. The highest BCUT2D eigenvalue weighted by Crippen LogP contribution is 2.36. The number of aryl methyl sites for hydroxylation is 1. The van der Waals surface area contributed by atoms with Crippen molar-refractivity contribution in [3.05, 3.63) is 36.4 Å². The number of hydrogen-bond acceptors (Lipinski definition) is 5. The van der Waals surface area contributed by atoms with Crippen LogP contribution >= 0.6 is 11.3 Å². The first kappa shape index (κ1) is 20.0. The highest BCUT2D eigenvalue weighted by atomic mass is 32.1. The van der Waals surface area contributed by atoms with Crippen molar-refractivity contribution < 1.29 is 13.9 Å². The van der Waals surface area contributed by atoms with E-state index in [0.29, 0.717) is 18.6 Å². The smallest absolute Gasteiger partial charge is 0.410 e. The summed E-state index contributed by atoms with van der Waals surface area (Å²) in [4.78, 5) is 15.9. The summed E-state index contributed by atoms with van der Waals surface area (Å²) in [5.74, 6) is -0.322. The number of rotatable bonds is 2. The lowest BCUT2D eigenvalue weighted by atomic mass is 10.1. The molecular formula is C22H24FN5O2S. The van der Waals surface area contributed by atoms with Crippen molar-refractivity contribution in [1.82, 2.24) is 24.5 Å². The fourth-order valence-electron chi connectivity index (χ4n) is 3.98. The van der Waals surface area contributed by atoms with Crippen molar-refractivity contribution in [2.75, 3.05) is 13.1 Å². The molecule has 1 aliphatic rings. The van der Waals surface area contributed by atoms with Crippen molar-refractivity contribution in [2.24, 2.45) is 7.05 Å². The zero-order valence-corrected chi connectivity index (χ0v) is 18.7. The number of carbonyl (C=O) groups is 1. The van der Waals surface area contributed by atoms with Crippen LogP contribution in [0.3, 0.4) is 0 Å². The van der Waals surface area contributed by atoms with E-state index < -0.39 is 5.60 Å². The van der Waals surface area contributed by atoms with E-state index in [1.807, 2.05) is 50.0 Å².